The lowest BCUT2D eigenvalue weighted by molar-refractivity contribution is -0.0326. The first-order valence-electron chi connectivity index (χ1n) is 4.88. The van der Waals surface area contributed by atoms with E-state index in [1.54, 1.807) is 0 Å². The largest absolute Gasteiger partial charge is 0.478 e. The molecular formula is C10H9F3O4S2. The van der Waals surface area contributed by atoms with Crippen LogP contribution >= 0.6 is 11.8 Å². The lowest BCUT2D eigenvalue weighted by Gasteiger charge is -2.07. The molecule has 0 bridgehead atoms. The van der Waals surface area contributed by atoms with E-state index in [9.17, 15) is 26.4 Å². The predicted octanol–water partition coefficient (Wildman–Crippen LogP) is 2.41. The normalized spacial score (nSPS) is 12.4. The molecule has 0 unspecified atom stereocenters. The van der Waals surface area contributed by atoms with Crippen molar-refractivity contribution in [3.8, 4) is 0 Å². The van der Waals surface area contributed by atoms with E-state index in [4.69, 9.17) is 5.11 Å². The number of sulfone groups is 1. The molecule has 1 N–H and O–H groups in total. The Morgan fingerprint density at radius 2 is 1.95 bits per heavy atom. The summed E-state index contributed by atoms with van der Waals surface area (Å²) in [5.74, 6) is -2.65. The van der Waals surface area contributed by atoms with Crippen LogP contribution in [0, 0.1) is 0 Å². The van der Waals surface area contributed by atoms with Crippen molar-refractivity contribution in [3.05, 3.63) is 29.8 Å². The summed E-state index contributed by atoms with van der Waals surface area (Å²) in [7, 11) is -3.92. The molecule has 19 heavy (non-hydrogen) atoms. The maximum Gasteiger partial charge on any atom is 0.441 e. The van der Waals surface area contributed by atoms with Crippen molar-refractivity contribution < 1.29 is 31.5 Å². The third kappa shape index (κ3) is 5.11. The molecular weight excluding hydrogens is 305 g/mol. The van der Waals surface area contributed by atoms with Crippen LogP contribution in [0.2, 0.25) is 0 Å². The first kappa shape index (κ1) is 15.8. The number of carbonyl (C=O) groups is 1. The summed E-state index contributed by atoms with van der Waals surface area (Å²) in [5.41, 5.74) is -4.72. The summed E-state index contributed by atoms with van der Waals surface area (Å²) in [6, 6.07) is 4.51. The van der Waals surface area contributed by atoms with Gasteiger partial charge < -0.3 is 5.11 Å². The van der Waals surface area contributed by atoms with E-state index in [2.05, 4.69) is 0 Å². The van der Waals surface area contributed by atoms with Gasteiger partial charge in [0.2, 0.25) is 0 Å². The highest BCUT2D eigenvalue weighted by Gasteiger charge is 2.29. The van der Waals surface area contributed by atoms with Crippen molar-refractivity contribution >= 4 is 27.6 Å². The molecule has 1 rings (SSSR count). The Kier molecular flexibility index (Phi) is 4.86. The molecule has 1 aromatic rings. The fraction of sp³-hybridized carbons (Fsp3) is 0.300. The zero-order valence-corrected chi connectivity index (χ0v) is 11.0. The van der Waals surface area contributed by atoms with Crippen LogP contribution in [0.1, 0.15) is 10.4 Å². The zero-order valence-electron chi connectivity index (χ0n) is 9.35. The van der Waals surface area contributed by atoms with Crippen LogP contribution in [0.15, 0.2) is 29.2 Å². The van der Waals surface area contributed by atoms with Crippen LogP contribution in [0.4, 0.5) is 13.2 Å². The molecule has 0 spiro atoms. The Labute approximate surface area is 111 Å². The summed E-state index contributed by atoms with van der Waals surface area (Å²) in [6.07, 6.45) is 0. The van der Waals surface area contributed by atoms with Gasteiger partial charge in [0.15, 0.2) is 9.84 Å². The topological polar surface area (TPSA) is 71.4 Å². The third-order valence-corrected chi connectivity index (χ3v) is 4.77. The number of thioether (sulfide) groups is 1. The van der Waals surface area contributed by atoms with Gasteiger partial charge in [-0.3, -0.25) is 0 Å². The lowest BCUT2D eigenvalue weighted by Crippen LogP contribution is -2.12. The second-order valence-corrected chi connectivity index (χ2v) is 6.72. The number of carboxylic acid groups (broad SMARTS) is 1. The quantitative estimate of drug-likeness (QED) is 0.903. The fourth-order valence-electron chi connectivity index (χ4n) is 1.21. The van der Waals surface area contributed by atoms with Gasteiger partial charge in [0.25, 0.3) is 0 Å². The molecule has 0 saturated carbocycles. The molecule has 0 aliphatic carbocycles. The van der Waals surface area contributed by atoms with Crippen LogP contribution in [-0.2, 0) is 9.84 Å². The second-order valence-electron chi connectivity index (χ2n) is 3.45. The molecule has 1 aromatic carbocycles. The molecule has 0 saturated heterocycles. The summed E-state index contributed by atoms with van der Waals surface area (Å²) in [6.45, 7) is 0. The van der Waals surface area contributed by atoms with Crippen LogP contribution < -0.4 is 0 Å². The molecule has 0 atom stereocenters. The third-order valence-electron chi connectivity index (χ3n) is 2.06. The van der Waals surface area contributed by atoms with Crippen molar-refractivity contribution in [2.75, 3.05) is 11.5 Å². The van der Waals surface area contributed by atoms with E-state index in [0.29, 0.717) is 0 Å². The van der Waals surface area contributed by atoms with Crippen molar-refractivity contribution in [2.24, 2.45) is 0 Å². The van der Waals surface area contributed by atoms with Gasteiger partial charge in [-0.1, -0.05) is 6.07 Å². The fourth-order valence-corrected chi connectivity index (χ4v) is 3.48. The van der Waals surface area contributed by atoms with Crippen LogP contribution in [0.3, 0.4) is 0 Å². The smallest absolute Gasteiger partial charge is 0.441 e. The highest BCUT2D eigenvalue weighted by molar-refractivity contribution is 8.01. The first-order chi connectivity index (χ1) is 8.62. The van der Waals surface area contributed by atoms with E-state index in [0.717, 1.165) is 12.1 Å². The van der Waals surface area contributed by atoms with Gasteiger partial charge in [0.05, 0.1) is 16.2 Å². The minimum atomic E-state index is -4.49. The molecule has 9 heteroatoms. The lowest BCUT2D eigenvalue weighted by atomic mass is 10.2. The SMILES string of the molecule is O=C(O)c1cccc(S(=O)(=O)CCSC(F)(F)F)c1. The summed E-state index contributed by atoms with van der Waals surface area (Å²) in [5, 5.41) is 8.71. The van der Waals surface area contributed by atoms with Gasteiger partial charge in [-0.25, -0.2) is 13.2 Å². The van der Waals surface area contributed by atoms with Gasteiger partial charge in [-0.2, -0.15) is 13.2 Å². The number of alkyl halides is 3. The Morgan fingerprint density at radius 1 is 1.32 bits per heavy atom. The van der Waals surface area contributed by atoms with Gasteiger partial charge >= 0.3 is 11.5 Å². The van der Waals surface area contributed by atoms with E-state index >= 15 is 0 Å². The van der Waals surface area contributed by atoms with E-state index in [-0.39, 0.29) is 10.5 Å². The summed E-state index contributed by atoms with van der Waals surface area (Å²) >= 11 is -0.430. The van der Waals surface area contributed by atoms with E-state index < -0.39 is 44.6 Å². The van der Waals surface area contributed by atoms with Crippen molar-refractivity contribution in [2.45, 2.75) is 10.4 Å². The van der Waals surface area contributed by atoms with E-state index in [1.807, 2.05) is 0 Å². The maximum absolute atomic E-state index is 11.9. The summed E-state index contributed by atoms with van der Waals surface area (Å²) in [4.78, 5) is 10.4. The minimum Gasteiger partial charge on any atom is -0.478 e. The Bertz CT molecular complexity index is 566. The Balaban J connectivity index is 2.83. The highest BCUT2D eigenvalue weighted by Crippen LogP contribution is 2.30. The van der Waals surface area contributed by atoms with Crippen LogP contribution in [0.25, 0.3) is 0 Å². The molecule has 0 fully saturated rings. The first-order valence-corrected chi connectivity index (χ1v) is 7.52. The Morgan fingerprint density at radius 3 is 2.47 bits per heavy atom. The maximum atomic E-state index is 11.9. The number of aromatic carboxylic acids is 1. The molecule has 0 aromatic heterocycles. The van der Waals surface area contributed by atoms with Crippen LogP contribution in [-0.4, -0.2) is 36.5 Å². The van der Waals surface area contributed by atoms with E-state index in [1.165, 1.54) is 12.1 Å². The van der Waals surface area contributed by atoms with Crippen LogP contribution in [0.5, 0.6) is 0 Å². The number of hydrogen-bond donors (Lipinski definition) is 1. The number of hydrogen-bond acceptors (Lipinski definition) is 4. The second kappa shape index (κ2) is 5.83. The van der Waals surface area contributed by atoms with Crippen molar-refractivity contribution in [1.29, 1.82) is 0 Å². The molecule has 4 nitrogen and oxygen atoms in total. The molecule has 0 radical (unpaired) electrons. The average Bonchev–Trinajstić information content (AvgIpc) is 2.27. The monoisotopic (exact) mass is 314 g/mol. The predicted molar refractivity (Wildman–Crippen MR) is 64.0 cm³/mol. The van der Waals surface area contributed by atoms with Gasteiger partial charge in [0, 0.05) is 5.75 Å². The highest BCUT2D eigenvalue weighted by atomic mass is 32.2. The number of rotatable bonds is 5. The van der Waals surface area contributed by atoms with Gasteiger partial charge in [0.1, 0.15) is 0 Å². The number of halogens is 3. The van der Waals surface area contributed by atoms with Crippen molar-refractivity contribution in [1.82, 2.24) is 0 Å². The zero-order chi connectivity index (χ0) is 14.7. The average molecular weight is 314 g/mol. The number of benzene rings is 1. The molecule has 0 aliphatic rings. The van der Waals surface area contributed by atoms with Gasteiger partial charge in [-0.15, -0.1) is 0 Å². The molecule has 0 aliphatic heterocycles. The minimum absolute atomic E-state index is 0.232. The number of carboxylic acids is 1. The van der Waals surface area contributed by atoms with Gasteiger partial charge in [-0.05, 0) is 30.0 Å². The molecule has 0 heterocycles. The Hall–Kier alpha value is -1.22. The standard InChI is InChI=1S/C10H9F3O4S2/c11-10(12,13)18-4-5-19(16,17)8-3-1-2-7(6-8)9(14)15/h1-3,6H,4-5H2,(H,14,15). The van der Waals surface area contributed by atoms with Crippen molar-refractivity contribution in [3.63, 3.8) is 0 Å². The molecule has 106 valence electrons. The summed E-state index contributed by atoms with van der Waals surface area (Å²) < 4.78 is 59.1. The molecule has 0 amide bonds.